The summed E-state index contributed by atoms with van der Waals surface area (Å²) in [7, 11) is -10.7. The molecular weight excluding hydrogens is 276 g/mol. The minimum Gasteiger partial charge on any atom is 1.00 e. The second kappa shape index (κ2) is 6.28. The SMILES string of the molecule is CCOC(=O)OCC.F[P-](F)(F)(F)(F)F.[Na+]. The van der Waals surface area contributed by atoms with Crippen LogP contribution in [0, 0.1) is 0 Å². The number of carbonyl (C=O) groups excluding carboxylic acids is 1. The zero-order valence-corrected chi connectivity index (χ0v) is 11.7. The second-order valence-electron chi connectivity index (χ2n) is 2.07. The van der Waals surface area contributed by atoms with Gasteiger partial charge >= 0.3 is 68.7 Å². The van der Waals surface area contributed by atoms with Gasteiger partial charge in [-0.2, -0.15) is 0 Å². The molecule has 0 fully saturated rings. The van der Waals surface area contributed by atoms with Crippen LogP contribution in [0.5, 0.6) is 0 Å². The first-order valence-electron chi connectivity index (χ1n) is 3.62. The summed E-state index contributed by atoms with van der Waals surface area (Å²) in [6.45, 7) is 4.21. The van der Waals surface area contributed by atoms with Crippen molar-refractivity contribution in [3.8, 4) is 0 Å². The van der Waals surface area contributed by atoms with Crippen LogP contribution in [0.25, 0.3) is 0 Å². The third-order valence-electron chi connectivity index (χ3n) is 0.524. The predicted octanol–water partition coefficient (Wildman–Crippen LogP) is 1.57. The Morgan fingerprint density at radius 3 is 1.25 bits per heavy atom. The van der Waals surface area contributed by atoms with E-state index in [9.17, 15) is 30.0 Å². The molecule has 0 saturated heterocycles. The average Bonchev–Trinajstić information content (AvgIpc) is 1.80. The van der Waals surface area contributed by atoms with Crippen LogP contribution in [0.15, 0.2) is 0 Å². The number of hydrogen-bond donors (Lipinski definition) is 0. The van der Waals surface area contributed by atoms with Gasteiger partial charge in [-0.05, 0) is 13.8 Å². The number of halogens is 6. The Labute approximate surface area is 110 Å². The smallest absolute Gasteiger partial charge is 1.00 e. The molecule has 0 atom stereocenters. The van der Waals surface area contributed by atoms with Crippen molar-refractivity contribution in [1.29, 1.82) is 0 Å². The molecule has 0 aliphatic carbocycles. The molecule has 0 saturated carbocycles. The third kappa shape index (κ3) is 63.9. The Hall–Kier alpha value is 0.280. The third-order valence-corrected chi connectivity index (χ3v) is 0.524. The van der Waals surface area contributed by atoms with Gasteiger partial charge in [-0.1, -0.05) is 0 Å². The van der Waals surface area contributed by atoms with Crippen LogP contribution >= 0.6 is 7.81 Å². The molecule has 0 amide bonds. The second-order valence-corrected chi connectivity index (χ2v) is 3.99. The van der Waals surface area contributed by atoms with E-state index < -0.39 is 14.0 Å². The summed E-state index contributed by atoms with van der Waals surface area (Å²) in [5, 5.41) is 0. The van der Waals surface area contributed by atoms with Crippen molar-refractivity contribution >= 4 is 14.0 Å². The zero-order valence-electron chi connectivity index (χ0n) is 8.85. The Kier molecular flexibility index (Phi) is 8.46. The van der Waals surface area contributed by atoms with Gasteiger partial charge in [-0.3, -0.25) is 0 Å². The topological polar surface area (TPSA) is 35.5 Å². The molecule has 0 spiro atoms. The van der Waals surface area contributed by atoms with Gasteiger partial charge in [0.05, 0.1) is 13.2 Å². The monoisotopic (exact) mass is 286 g/mol. The molecule has 3 nitrogen and oxygen atoms in total. The molecule has 0 aromatic carbocycles. The first kappa shape index (κ1) is 21.6. The fraction of sp³-hybridized carbons (Fsp3) is 0.800. The van der Waals surface area contributed by atoms with E-state index in [0.717, 1.165) is 0 Å². The van der Waals surface area contributed by atoms with Crippen molar-refractivity contribution < 1.29 is 69.0 Å². The fourth-order valence-electron chi connectivity index (χ4n) is 0.277. The minimum absolute atomic E-state index is 0. The quantitative estimate of drug-likeness (QED) is 0.334. The van der Waals surface area contributed by atoms with Crippen LogP contribution < -0.4 is 29.6 Å². The summed E-state index contributed by atoms with van der Waals surface area (Å²) in [4.78, 5) is 10.2. The van der Waals surface area contributed by atoms with E-state index in [-0.39, 0.29) is 29.6 Å². The molecular formula is C5H10F6NaO3P. The molecule has 0 unspecified atom stereocenters. The summed E-state index contributed by atoms with van der Waals surface area (Å²) in [6.07, 6.45) is -0.588. The molecule has 0 aliphatic heterocycles. The van der Waals surface area contributed by atoms with Crippen molar-refractivity contribution in [3.05, 3.63) is 0 Å². The molecule has 16 heavy (non-hydrogen) atoms. The zero-order chi connectivity index (χ0) is 12.8. The van der Waals surface area contributed by atoms with Gasteiger partial charge in [0.25, 0.3) is 0 Å². The molecule has 0 aliphatic rings. The van der Waals surface area contributed by atoms with Gasteiger partial charge in [-0.15, -0.1) is 0 Å². The molecule has 0 aromatic heterocycles. The van der Waals surface area contributed by atoms with Crippen molar-refractivity contribution in [3.63, 3.8) is 0 Å². The van der Waals surface area contributed by atoms with Crippen LogP contribution in [0.2, 0.25) is 0 Å². The largest absolute Gasteiger partial charge is 1.00 e. The van der Waals surface area contributed by atoms with Gasteiger partial charge in [0.2, 0.25) is 0 Å². The molecule has 0 heterocycles. The minimum atomic E-state index is -10.7. The van der Waals surface area contributed by atoms with Crippen LogP contribution in [-0.2, 0) is 9.47 Å². The van der Waals surface area contributed by atoms with Gasteiger partial charge in [0.1, 0.15) is 0 Å². The predicted molar refractivity (Wildman–Crippen MR) is 42.2 cm³/mol. The summed E-state index contributed by atoms with van der Waals surface area (Å²) >= 11 is 0. The Morgan fingerprint density at radius 1 is 0.938 bits per heavy atom. The number of rotatable bonds is 2. The van der Waals surface area contributed by atoms with Crippen LogP contribution in [0.1, 0.15) is 13.8 Å². The van der Waals surface area contributed by atoms with E-state index in [1.54, 1.807) is 13.8 Å². The van der Waals surface area contributed by atoms with Crippen LogP contribution in [-0.4, -0.2) is 19.4 Å². The maximum atomic E-state index is 10.2. The molecule has 11 heteroatoms. The molecule has 0 rings (SSSR count). The van der Waals surface area contributed by atoms with E-state index in [1.165, 1.54) is 0 Å². The van der Waals surface area contributed by atoms with E-state index in [4.69, 9.17) is 0 Å². The van der Waals surface area contributed by atoms with E-state index in [1.807, 2.05) is 0 Å². The fourth-order valence-corrected chi connectivity index (χ4v) is 0.277. The number of carbonyl (C=O) groups is 1. The average molecular weight is 286 g/mol. The number of hydrogen-bond acceptors (Lipinski definition) is 3. The molecule has 0 aromatic rings. The maximum Gasteiger partial charge on any atom is 1.00 e. The van der Waals surface area contributed by atoms with Gasteiger partial charge in [0.15, 0.2) is 0 Å². The Balaban J connectivity index is -0.000000200. The molecule has 0 N–H and O–H groups in total. The van der Waals surface area contributed by atoms with Gasteiger partial charge in [0, 0.05) is 0 Å². The van der Waals surface area contributed by atoms with Crippen LogP contribution in [0.3, 0.4) is 0 Å². The van der Waals surface area contributed by atoms with E-state index >= 15 is 0 Å². The van der Waals surface area contributed by atoms with E-state index in [2.05, 4.69) is 9.47 Å². The molecule has 0 bridgehead atoms. The van der Waals surface area contributed by atoms with Gasteiger partial charge in [-0.25, -0.2) is 4.79 Å². The summed E-state index contributed by atoms with van der Waals surface area (Å²) in [5.74, 6) is 0. The normalized spacial score (nSPS) is 14.2. The summed E-state index contributed by atoms with van der Waals surface area (Å²) < 4.78 is 68.0. The molecule has 0 radical (unpaired) electrons. The standard InChI is InChI=1S/C5H10O3.F6P.Na/c1-3-7-5(6)8-4-2;1-7(2,3,4,5)6;/h3-4H2,1-2H3;;/q;-1;+1. The number of ether oxygens (including phenoxy) is 2. The first-order valence-corrected chi connectivity index (χ1v) is 5.65. The van der Waals surface area contributed by atoms with Gasteiger partial charge < -0.3 is 9.47 Å². The van der Waals surface area contributed by atoms with Crippen LogP contribution in [0.4, 0.5) is 30.0 Å². The summed E-state index contributed by atoms with van der Waals surface area (Å²) in [5.41, 5.74) is 0. The summed E-state index contributed by atoms with van der Waals surface area (Å²) in [6, 6.07) is 0. The first-order chi connectivity index (χ1) is 6.26. The van der Waals surface area contributed by atoms with Crippen molar-refractivity contribution in [2.24, 2.45) is 0 Å². The maximum absolute atomic E-state index is 10.7. The van der Waals surface area contributed by atoms with Crippen molar-refractivity contribution in [1.82, 2.24) is 0 Å². The van der Waals surface area contributed by atoms with Crippen molar-refractivity contribution in [2.75, 3.05) is 13.2 Å². The van der Waals surface area contributed by atoms with Crippen molar-refractivity contribution in [2.45, 2.75) is 13.8 Å². The Morgan fingerprint density at radius 2 is 1.12 bits per heavy atom. The molecule has 96 valence electrons. The Bertz CT molecular complexity index is 194. The van der Waals surface area contributed by atoms with E-state index in [0.29, 0.717) is 13.2 Å².